The average molecular weight is 366 g/mol. The lowest BCUT2D eigenvalue weighted by Crippen LogP contribution is -2.34. The van der Waals surface area contributed by atoms with Crippen molar-refractivity contribution in [3.63, 3.8) is 0 Å². The molecular weight excluding hydrogens is 348 g/mol. The van der Waals surface area contributed by atoms with Crippen molar-refractivity contribution in [2.75, 3.05) is 11.9 Å². The van der Waals surface area contributed by atoms with Crippen LogP contribution in [0.15, 0.2) is 48.5 Å². The van der Waals surface area contributed by atoms with Crippen LogP contribution in [-0.4, -0.2) is 35.2 Å². The second-order valence-electron chi connectivity index (χ2n) is 6.02. The number of primary amides is 1. The van der Waals surface area contributed by atoms with Crippen LogP contribution in [0.25, 0.3) is 0 Å². The maximum atomic E-state index is 12.2. The highest BCUT2D eigenvalue weighted by Gasteiger charge is 2.34. The summed E-state index contributed by atoms with van der Waals surface area (Å²) in [5.74, 6) is -1.02. The number of amides is 5. The van der Waals surface area contributed by atoms with Gasteiger partial charge in [0.05, 0.1) is 11.1 Å². The summed E-state index contributed by atoms with van der Waals surface area (Å²) in [6.07, 6.45) is 0.0206. The van der Waals surface area contributed by atoms with E-state index < -0.39 is 6.03 Å². The molecule has 0 aliphatic carbocycles. The van der Waals surface area contributed by atoms with Crippen LogP contribution < -0.4 is 16.4 Å². The van der Waals surface area contributed by atoms with Crippen LogP contribution in [0.3, 0.4) is 0 Å². The fourth-order valence-corrected chi connectivity index (χ4v) is 2.79. The first-order chi connectivity index (χ1) is 13.0. The third-order valence-electron chi connectivity index (χ3n) is 4.15. The number of urea groups is 1. The molecule has 8 heteroatoms. The molecule has 0 aromatic heterocycles. The van der Waals surface area contributed by atoms with E-state index in [1.807, 2.05) is 0 Å². The van der Waals surface area contributed by atoms with Gasteiger partial charge in [0.2, 0.25) is 5.91 Å². The van der Waals surface area contributed by atoms with E-state index in [2.05, 4.69) is 10.6 Å². The van der Waals surface area contributed by atoms with Crippen molar-refractivity contribution in [2.24, 2.45) is 5.73 Å². The first kappa shape index (κ1) is 18.1. The van der Waals surface area contributed by atoms with E-state index in [4.69, 9.17) is 5.73 Å². The third-order valence-corrected chi connectivity index (χ3v) is 4.15. The van der Waals surface area contributed by atoms with E-state index in [1.54, 1.807) is 48.5 Å². The van der Waals surface area contributed by atoms with Gasteiger partial charge >= 0.3 is 6.03 Å². The Balaban J connectivity index is 1.49. The lowest BCUT2D eigenvalue weighted by atomic mass is 10.1. The number of fused-ring (bicyclic) bond motifs is 1. The predicted octanol–water partition coefficient (Wildman–Crippen LogP) is 1.48. The minimum atomic E-state index is -0.649. The Hall–Kier alpha value is -3.68. The molecule has 0 radical (unpaired) electrons. The van der Waals surface area contributed by atoms with Gasteiger partial charge in [-0.05, 0) is 29.8 Å². The normalized spacial score (nSPS) is 12.7. The van der Waals surface area contributed by atoms with Crippen LogP contribution in [-0.2, 0) is 11.3 Å². The molecule has 138 valence electrons. The first-order valence-electron chi connectivity index (χ1n) is 8.33. The summed E-state index contributed by atoms with van der Waals surface area (Å²) in [5, 5.41) is 5.18. The van der Waals surface area contributed by atoms with Gasteiger partial charge in [-0.15, -0.1) is 0 Å². The molecule has 27 heavy (non-hydrogen) atoms. The van der Waals surface area contributed by atoms with Crippen LogP contribution in [0.5, 0.6) is 0 Å². The fourth-order valence-electron chi connectivity index (χ4n) is 2.79. The van der Waals surface area contributed by atoms with E-state index in [-0.39, 0.29) is 37.2 Å². The van der Waals surface area contributed by atoms with Gasteiger partial charge in [-0.25, -0.2) is 4.79 Å². The Bertz CT molecular complexity index is 873. The van der Waals surface area contributed by atoms with E-state index in [0.29, 0.717) is 16.8 Å². The molecule has 1 aliphatic rings. The third kappa shape index (κ3) is 4.12. The summed E-state index contributed by atoms with van der Waals surface area (Å²) >= 11 is 0. The molecule has 5 amide bonds. The van der Waals surface area contributed by atoms with Gasteiger partial charge in [-0.1, -0.05) is 24.3 Å². The van der Waals surface area contributed by atoms with Crippen molar-refractivity contribution in [3.8, 4) is 0 Å². The Kier molecular flexibility index (Phi) is 5.16. The number of carbonyl (C=O) groups excluding carboxylic acids is 4. The summed E-state index contributed by atoms with van der Waals surface area (Å²) in [5.41, 5.74) is 7.16. The summed E-state index contributed by atoms with van der Waals surface area (Å²) in [6, 6.07) is 12.8. The van der Waals surface area contributed by atoms with E-state index in [9.17, 15) is 19.2 Å². The summed E-state index contributed by atoms with van der Waals surface area (Å²) in [4.78, 5) is 48.4. The van der Waals surface area contributed by atoms with Gasteiger partial charge in [0.15, 0.2) is 0 Å². The van der Waals surface area contributed by atoms with Crippen molar-refractivity contribution in [1.29, 1.82) is 0 Å². The molecule has 0 saturated heterocycles. The van der Waals surface area contributed by atoms with Gasteiger partial charge in [0.25, 0.3) is 11.8 Å². The number of nitrogens with zero attached hydrogens (tertiary/aromatic N) is 1. The molecule has 0 atom stereocenters. The highest BCUT2D eigenvalue weighted by molar-refractivity contribution is 6.21. The molecule has 0 unspecified atom stereocenters. The second-order valence-corrected chi connectivity index (χ2v) is 6.02. The Labute approximate surface area is 155 Å². The molecule has 3 rings (SSSR count). The average Bonchev–Trinajstić information content (AvgIpc) is 2.90. The molecule has 1 heterocycles. The second kappa shape index (κ2) is 7.69. The number of hydrogen-bond acceptors (Lipinski definition) is 4. The van der Waals surface area contributed by atoms with Crippen molar-refractivity contribution in [3.05, 3.63) is 65.2 Å². The van der Waals surface area contributed by atoms with Crippen molar-refractivity contribution >= 4 is 29.4 Å². The van der Waals surface area contributed by atoms with E-state index in [0.717, 1.165) is 10.5 Å². The number of nitrogens with one attached hydrogen (secondary N) is 2. The number of anilines is 1. The standard InChI is InChI=1S/C19H18N4O4/c20-19(27)22-13-7-5-12(6-8-13)11-21-16(24)9-10-23-17(25)14-3-1-2-4-15(14)18(23)26/h1-8H,9-11H2,(H,21,24)(H3,20,22,27). The van der Waals surface area contributed by atoms with Crippen LogP contribution in [0.2, 0.25) is 0 Å². The number of nitrogens with two attached hydrogens (primary N) is 1. The lowest BCUT2D eigenvalue weighted by Gasteiger charge is -2.13. The largest absolute Gasteiger partial charge is 0.352 e. The molecule has 0 saturated carbocycles. The highest BCUT2D eigenvalue weighted by Crippen LogP contribution is 2.22. The van der Waals surface area contributed by atoms with Crippen LogP contribution in [0.4, 0.5) is 10.5 Å². The van der Waals surface area contributed by atoms with Gasteiger partial charge in [-0.3, -0.25) is 19.3 Å². The van der Waals surface area contributed by atoms with Gasteiger partial charge in [-0.2, -0.15) is 0 Å². The predicted molar refractivity (Wildman–Crippen MR) is 97.9 cm³/mol. The Morgan fingerprint density at radius 1 is 0.926 bits per heavy atom. The molecule has 2 aromatic carbocycles. The zero-order chi connectivity index (χ0) is 19.4. The summed E-state index contributed by atoms with van der Waals surface area (Å²) < 4.78 is 0. The Morgan fingerprint density at radius 2 is 1.52 bits per heavy atom. The maximum Gasteiger partial charge on any atom is 0.316 e. The number of carbonyl (C=O) groups is 4. The minimum absolute atomic E-state index is 0.0206. The monoisotopic (exact) mass is 366 g/mol. The topological polar surface area (TPSA) is 122 Å². The maximum absolute atomic E-state index is 12.2. The zero-order valence-electron chi connectivity index (χ0n) is 14.4. The summed E-state index contributed by atoms with van der Waals surface area (Å²) in [6.45, 7) is 0.317. The van der Waals surface area contributed by atoms with Crippen molar-refractivity contribution < 1.29 is 19.2 Å². The summed E-state index contributed by atoms with van der Waals surface area (Å²) in [7, 11) is 0. The SMILES string of the molecule is NC(=O)Nc1ccc(CNC(=O)CCN2C(=O)c3ccccc3C2=O)cc1. The lowest BCUT2D eigenvalue weighted by molar-refractivity contribution is -0.121. The van der Waals surface area contributed by atoms with Crippen molar-refractivity contribution in [2.45, 2.75) is 13.0 Å². The fraction of sp³-hybridized carbons (Fsp3) is 0.158. The smallest absolute Gasteiger partial charge is 0.316 e. The first-order valence-corrected chi connectivity index (χ1v) is 8.33. The van der Waals surface area contributed by atoms with Crippen LogP contribution >= 0.6 is 0 Å². The number of rotatable bonds is 6. The highest BCUT2D eigenvalue weighted by atomic mass is 16.2. The van der Waals surface area contributed by atoms with Gasteiger partial charge in [0, 0.05) is 25.2 Å². The molecular formula is C19H18N4O4. The molecule has 4 N–H and O–H groups in total. The minimum Gasteiger partial charge on any atom is -0.352 e. The molecule has 1 aliphatic heterocycles. The van der Waals surface area contributed by atoms with E-state index in [1.165, 1.54) is 0 Å². The van der Waals surface area contributed by atoms with Crippen molar-refractivity contribution in [1.82, 2.24) is 10.2 Å². The molecule has 0 bridgehead atoms. The van der Waals surface area contributed by atoms with E-state index >= 15 is 0 Å². The van der Waals surface area contributed by atoms with Crippen LogP contribution in [0.1, 0.15) is 32.7 Å². The van der Waals surface area contributed by atoms with Gasteiger partial charge in [0.1, 0.15) is 0 Å². The number of benzene rings is 2. The van der Waals surface area contributed by atoms with Crippen LogP contribution in [0, 0.1) is 0 Å². The number of hydrogen-bond donors (Lipinski definition) is 3. The quantitative estimate of drug-likeness (QED) is 0.670. The van der Waals surface area contributed by atoms with Gasteiger partial charge < -0.3 is 16.4 Å². The molecule has 8 nitrogen and oxygen atoms in total. The zero-order valence-corrected chi connectivity index (χ0v) is 14.4. The molecule has 0 spiro atoms. The Morgan fingerprint density at radius 3 is 2.07 bits per heavy atom. The number of imide groups is 1. The molecule has 0 fully saturated rings. The molecule has 2 aromatic rings.